The van der Waals surface area contributed by atoms with Crippen LogP contribution in [0.1, 0.15) is 58.1 Å². The van der Waals surface area contributed by atoms with E-state index in [1.54, 1.807) is 0 Å². The summed E-state index contributed by atoms with van der Waals surface area (Å²) < 4.78 is 0. The lowest BCUT2D eigenvalue weighted by atomic mass is 9.84. The second-order valence-corrected chi connectivity index (χ2v) is 6.38. The highest BCUT2D eigenvalue weighted by molar-refractivity contribution is 5.29. The highest BCUT2D eigenvalue weighted by Crippen LogP contribution is 2.27. The Balaban J connectivity index is 2.85. The number of hydrogen-bond donors (Lipinski definition) is 1. The molecule has 0 radical (unpaired) electrons. The molecule has 1 rings (SSSR count). The molecule has 0 spiro atoms. The maximum absolute atomic E-state index is 9.46. The molecule has 1 heteroatoms. The van der Waals surface area contributed by atoms with E-state index in [1.807, 2.05) is 0 Å². The van der Waals surface area contributed by atoms with Crippen molar-refractivity contribution in [1.82, 2.24) is 0 Å². The van der Waals surface area contributed by atoms with E-state index in [2.05, 4.69) is 58.9 Å². The van der Waals surface area contributed by atoms with E-state index < -0.39 is 0 Å². The van der Waals surface area contributed by atoms with E-state index in [0.717, 1.165) is 6.42 Å². The van der Waals surface area contributed by atoms with Crippen molar-refractivity contribution in [1.29, 1.82) is 0 Å². The smallest absolute Gasteiger partial charge is 0.0499 e. The molecule has 0 bridgehead atoms. The Morgan fingerprint density at radius 3 is 1.94 bits per heavy atom. The average molecular weight is 234 g/mol. The zero-order valence-electron chi connectivity index (χ0n) is 11.8. The van der Waals surface area contributed by atoms with Crippen LogP contribution in [0.4, 0.5) is 0 Å². The van der Waals surface area contributed by atoms with Gasteiger partial charge in [-0.1, -0.05) is 58.9 Å². The molecule has 1 unspecified atom stereocenters. The summed E-state index contributed by atoms with van der Waals surface area (Å²) in [6.07, 6.45) is 1.05. The summed E-state index contributed by atoms with van der Waals surface area (Å²) in [7, 11) is 0. The van der Waals surface area contributed by atoms with E-state index in [1.165, 1.54) is 11.1 Å². The molecular weight excluding hydrogens is 208 g/mol. The van der Waals surface area contributed by atoms with Gasteiger partial charge in [-0.15, -0.1) is 0 Å². The lowest BCUT2D eigenvalue weighted by Gasteiger charge is -2.21. The summed E-state index contributed by atoms with van der Waals surface area (Å²) in [5.41, 5.74) is 2.81. The van der Waals surface area contributed by atoms with Gasteiger partial charge in [0.05, 0.1) is 0 Å². The summed E-state index contributed by atoms with van der Waals surface area (Å²) in [6.45, 7) is 11.3. The van der Waals surface area contributed by atoms with Gasteiger partial charge in [-0.3, -0.25) is 0 Å². The normalized spacial score (nSPS) is 14.1. The molecule has 1 nitrogen and oxygen atoms in total. The fourth-order valence-corrected chi connectivity index (χ4v) is 2.14. The molecule has 96 valence electrons. The molecule has 0 saturated carbocycles. The summed E-state index contributed by atoms with van der Waals surface area (Å²) in [4.78, 5) is 0. The Bertz CT molecular complexity index is 330. The Hall–Kier alpha value is -0.820. The zero-order valence-corrected chi connectivity index (χ0v) is 11.8. The zero-order chi connectivity index (χ0) is 13.1. The standard InChI is InChI=1S/C16H26O/c1-12(2)10-14(11-17)13-6-8-15(9-7-13)16(3,4)5/h6-9,12,14,17H,10-11H2,1-5H3. The quantitative estimate of drug-likeness (QED) is 0.831. The molecule has 1 atom stereocenters. The third-order valence-electron chi connectivity index (χ3n) is 3.22. The second kappa shape index (κ2) is 5.68. The molecule has 0 heterocycles. The third kappa shape index (κ3) is 4.16. The van der Waals surface area contributed by atoms with Gasteiger partial charge in [-0.25, -0.2) is 0 Å². The first-order chi connectivity index (χ1) is 7.84. The highest BCUT2D eigenvalue weighted by atomic mass is 16.3. The van der Waals surface area contributed by atoms with Gasteiger partial charge < -0.3 is 5.11 Å². The fourth-order valence-electron chi connectivity index (χ4n) is 2.14. The Labute approximate surface area is 106 Å². The van der Waals surface area contributed by atoms with Crippen LogP contribution < -0.4 is 0 Å². The second-order valence-electron chi connectivity index (χ2n) is 6.38. The minimum atomic E-state index is 0.200. The maximum Gasteiger partial charge on any atom is 0.0499 e. The first kappa shape index (κ1) is 14.2. The lowest BCUT2D eigenvalue weighted by Crippen LogP contribution is -2.12. The van der Waals surface area contributed by atoms with Crippen molar-refractivity contribution < 1.29 is 5.11 Å². The van der Waals surface area contributed by atoms with Crippen molar-refractivity contribution in [2.24, 2.45) is 5.92 Å². The topological polar surface area (TPSA) is 20.2 Å². The van der Waals surface area contributed by atoms with E-state index in [0.29, 0.717) is 5.92 Å². The minimum Gasteiger partial charge on any atom is -0.396 e. The van der Waals surface area contributed by atoms with Crippen LogP contribution in [0.15, 0.2) is 24.3 Å². The third-order valence-corrected chi connectivity index (χ3v) is 3.22. The van der Waals surface area contributed by atoms with Gasteiger partial charge in [0.25, 0.3) is 0 Å². The van der Waals surface area contributed by atoms with Gasteiger partial charge in [-0.05, 0) is 28.9 Å². The Morgan fingerprint density at radius 1 is 1.06 bits per heavy atom. The van der Waals surface area contributed by atoms with Crippen molar-refractivity contribution in [2.75, 3.05) is 6.61 Å². The summed E-state index contributed by atoms with van der Waals surface area (Å²) in [5, 5.41) is 9.46. The van der Waals surface area contributed by atoms with Crippen molar-refractivity contribution in [2.45, 2.75) is 52.4 Å². The van der Waals surface area contributed by atoms with Crippen molar-refractivity contribution in [3.8, 4) is 0 Å². The van der Waals surface area contributed by atoms with Crippen LogP contribution in [0.5, 0.6) is 0 Å². The van der Waals surface area contributed by atoms with E-state index in [9.17, 15) is 5.11 Å². The molecular formula is C16H26O. The Kier molecular flexibility index (Phi) is 4.76. The molecule has 0 aliphatic carbocycles. The van der Waals surface area contributed by atoms with Crippen LogP contribution in [0.3, 0.4) is 0 Å². The van der Waals surface area contributed by atoms with Gasteiger partial charge in [0.2, 0.25) is 0 Å². The van der Waals surface area contributed by atoms with Crippen LogP contribution in [-0.2, 0) is 5.41 Å². The highest BCUT2D eigenvalue weighted by Gasteiger charge is 2.16. The molecule has 1 aromatic carbocycles. The monoisotopic (exact) mass is 234 g/mol. The van der Waals surface area contributed by atoms with Crippen LogP contribution in [0.25, 0.3) is 0 Å². The van der Waals surface area contributed by atoms with Crippen molar-refractivity contribution >= 4 is 0 Å². The fraction of sp³-hybridized carbons (Fsp3) is 0.625. The lowest BCUT2D eigenvalue weighted by molar-refractivity contribution is 0.249. The van der Waals surface area contributed by atoms with Crippen LogP contribution in [0.2, 0.25) is 0 Å². The number of benzene rings is 1. The van der Waals surface area contributed by atoms with Gasteiger partial charge in [0, 0.05) is 12.5 Å². The summed E-state index contributed by atoms with van der Waals surface area (Å²) >= 11 is 0. The SMILES string of the molecule is CC(C)CC(CO)c1ccc(C(C)(C)C)cc1. The molecule has 0 aromatic heterocycles. The van der Waals surface area contributed by atoms with Gasteiger partial charge >= 0.3 is 0 Å². The number of aliphatic hydroxyl groups is 1. The van der Waals surface area contributed by atoms with E-state index >= 15 is 0 Å². The summed E-state index contributed by atoms with van der Waals surface area (Å²) in [6, 6.07) is 8.73. The van der Waals surface area contributed by atoms with Crippen molar-refractivity contribution in [3.63, 3.8) is 0 Å². The van der Waals surface area contributed by atoms with Gasteiger partial charge in [-0.2, -0.15) is 0 Å². The molecule has 0 aliphatic rings. The Morgan fingerprint density at radius 2 is 1.59 bits per heavy atom. The number of aliphatic hydroxyl groups excluding tert-OH is 1. The molecule has 1 aromatic rings. The van der Waals surface area contributed by atoms with Gasteiger partial charge in [0.15, 0.2) is 0 Å². The van der Waals surface area contributed by atoms with E-state index in [-0.39, 0.29) is 17.9 Å². The molecule has 0 fully saturated rings. The first-order valence-corrected chi connectivity index (χ1v) is 6.56. The van der Waals surface area contributed by atoms with Crippen LogP contribution in [0, 0.1) is 5.92 Å². The minimum absolute atomic E-state index is 0.200. The molecule has 1 N–H and O–H groups in total. The molecule has 0 amide bonds. The predicted molar refractivity (Wildman–Crippen MR) is 74.4 cm³/mol. The van der Waals surface area contributed by atoms with Crippen LogP contribution >= 0.6 is 0 Å². The van der Waals surface area contributed by atoms with Gasteiger partial charge in [0.1, 0.15) is 0 Å². The van der Waals surface area contributed by atoms with Crippen LogP contribution in [-0.4, -0.2) is 11.7 Å². The molecule has 0 aliphatic heterocycles. The average Bonchev–Trinajstić information content (AvgIpc) is 2.24. The number of hydrogen-bond acceptors (Lipinski definition) is 1. The molecule has 17 heavy (non-hydrogen) atoms. The number of rotatable bonds is 4. The van der Waals surface area contributed by atoms with Crippen molar-refractivity contribution in [3.05, 3.63) is 35.4 Å². The predicted octanol–water partition coefficient (Wildman–Crippen LogP) is 4.11. The maximum atomic E-state index is 9.46. The largest absolute Gasteiger partial charge is 0.396 e. The molecule has 0 saturated heterocycles. The summed E-state index contributed by atoms with van der Waals surface area (Å²) in [5.74, 6) is 0.901. The first-order valence-electron chi connectivity index (χ1n) is 6.56. The van der Waals surface area contributed by atoms with E-state index in [4.69, 9.17) is 0 Å².